The molecule has 4 aromatic rings. The molecule has 3 fully saturated rings. The van der Waals surface area contributed by atoms with E-state index in [1.807, 2.05) is 6.07 Å². The van der Waals surface area contributed by atoms with E-state index in [0.717, 1.165) is 87.4 Å². The largest absolute Gasteiger partial charge is 0.393 e. The minimum absolute atomic E-state index is 0.0885. The molecular weight excluding hydrogens is 686 g/mol. The smallest absolute Gasteiger partial charge is 0.357 e. The van der Waals surface area contributed by atoms with Crippen LogP contribution in [0.2, 0.25) is 0 Å². The number of piperidine rings is 2. The SMILES string of the molecule is CNc1nc(N2CCCC3(CN(Cc4ccc5c(cc(C#N)n5CCN5CCC(S(C)(=O)=O)CC5)c4C)C3)C2)c2cc(CC(F)(F)F)sc2n1. The maximum atomic E-state index is 13.2. The number of halogens is 3. The van der Waals surface area contributed by atoms with Crippen molar-refractivity contribution >= 4 is 54.1 Å². The van der Waals surface area contributed by atoms with Gasteiger partial charge in [-0.05, 0) is 75.0 Å². The molecule has 0 aliphatic carbocycles. The van der Waals surface area contributed by atoms with Crippen LogP contribution in [0.1, 0.15) is 47.4 Å². The summed E-state index contributed by atoms with van der Waals surface area (Å²) in [6.07, 6.45) is -0.547. The first-order chi connectivity index (χ1) is 23.7. The topological polar surface area (TPSA) is 110 Å². The molecule has 3 aromatic heterocycles. The van der Waals surface area contributed by atoms with Crippen molar-refractivity contribution in [2.45, 2.75) is 63.5 Å². The fourth-order valence-electron chi connectivity index (χ4n) is 8.32. The second kappa shape index (κ2) is 13.3. The standard InChI is InChI=1S/C35H43F3N8O2S2/c1-23-24(5-6-30-28(23)15-25(18-39)46(30)14-13-43-11-7-27(8-12-43)50(3,47)48)19-44-20-34(21-44)9-4-10-45(22-34)31-29-16-26(17-35(36,37)38)49-32(29)42-33(40-2)41-31/h5-6,15-16,27H,4,7-14,17,19-22H2,1-3H3,(H,40,41,42). The van der Waals surface area contributed by atoms with E-state index in [2.05, 4.69) is 54.7 Å². The third-order valence-electron chi connectivity index (χ3n) is 10.9. The molecule has 0 bridgehead atoms. The molecule has 0 radical (unpaired) electrons. The summed E-state index contributed by atoms with van der Waals surface area (Å²) in [7, 11) is -1.29. The van der Waals surface area contributed by atoms with Crippen molar-refractivity contribution in [1.82, 2.24) is 24.3 Å². The molecule has 50 heavy (non-hydrogen) atoms. The van der Waals surface area contributed by atoms with Crippen molar-refractivity contribution in [2.24, 2.45) is 5.41 Å². The lowest BCUT2D eigenvalue weighted by Crippen LogP contribution is -2.62. The molecule has 1 spiro atoms. The number of nitrogens with one attached hydrogen (secondary N) is 1. The van der Waals surface area contributed by atoms with Crippen molar-refractivity contribution in [1.29, 1.82) is 5.26 Å². The number of sulfone groups is 1. The number of hydrogen-bond acceptors (Lipinski definition) is 10. The number of thiophene rings is 1. The van der Waals surface area contributed by atoms with Crippen LogP contribution in [0.15, 0.2) is 24.3 Å². The third kappa shape index (κ3) is 7.04. The molecule has 6 heterocycles. The Kier molecular flexibility index (Phi) is 9.28. The molecule has 0 amide bonds. The Morgan fingerprint density at radius 1 is 1.06 bits per heavy atom. The first-order valence-corrected chi connectivity index (χ1v) is 20.0. The lowest BCUT2D eigenvalue weighted by molar-refractivity contribution is -0.126. The van der Waals surface area contributed by atoms with Crippen molar-refractivity contribution in [2.75, 3.05) is 69.3 Å². The van der Waals surface area contributed by atoms with Gasteiger partial charge in [-0.2, -0.15) is 23.4 Å². The van der Waals surface area contributed by atoms with E-state index in [4.69, 9.17) is 4.98 Å². The van der Waals surface area contributed by atoms with E-state index in [1.54, 1.807) is 13.1 Å². The zero-order valence-electron chi connectivity index (χ0n) is 28.7. The highest BCUT2D eigenvalue weighted by atomic mass is 32.2. The van der Waals surface area contributed by atoms with Crippen LogP contribution < -0.4 is 10.2 Å². The van der Waals surface area contributed by atoms with Gasteiger partial charge in [-0.1, -0.05) is 6.07 Å². The van der Waals surface area contributed by atoms with Gasteiger partial charge in [-0.15, -0.1) is 11.3 Å². The fraction of sp³-hybridized carbons (Fsp3) is 0.571. The summed E-state index contributed by atoms with van der Waals surface area (Å²) in [4.78, 5) is 17.0. The van der Waals surface area contributed by atoms with Gasteiger partial charge in [-0.3, -0.25) is 4.90 Å². The molecule has 3 saturated heterocycles. The van der Waals surface area contributed by atoms with E-state index in [0.29, 0.717) is 47.1 Å². The van der Waals surface area contributed by atoms with Crippen LogP contribution in [0, 0.1) is 23.7 Å². The van der Waals surface area contributed by atoms with Crippen molar-refractivity contribution in [3.05, 3.63) is 46.0 Å². The van der Waals surface area contributed by atoms with E-state index in [-0.39, 0.29) is 15.5 Å². The summed E-state index contributed by atoms with van der Waals surface area (Å²) in [5, 5.41) is 14.5. The number of rotatable bonds is 9. The molecule has 1 N–H and O–H groups in total. The number of anilines is 2. The van der Waals surface area contributed by atoms with Crippen LogP contribution in [0.25, 0.3) is 21.1 Å². The van der Waals surface area contributed by atoms with Crippen LogP contribution in [-0.2, 0) is 29.3 Å². The highest BCUT2D eigenvalue weighted by Gasteiger charge is 2.46. The Morgan fingerprint density at radius 3 is 2.50 bits per heavy atom. The summed E-state index contributed by atoms with van der Waals surface area (Å²) in [6, 6.07) is 10.3. The molecule has 0 unspecified atom stereocenters. The second-order valence-electron chi connectivity index (χ2n) is 14.5. The number of benzene rings is 1. The van der Waals surface area contributed by atoms with E-state index < -0.39 is 22.4 Å². The average molecular weight is 729 g/mol. The van der Waals surface area contributed by atoms with Gasteiger partial charge in [0.05, 0.1) is 17.1 Å². The van der Waals surface area contributed by atoms with Gasteiger partial charge >= 0.3 is 6.18 Å². The Morgan fingerprint density at radius 2 is 1.82 bits per heavy atom. The van der Waals surface area contributed by atoms with Gasteiger partial charge in [0.2, 0.25) is 5.95 Å². The number of likely N-dealkylation sites (tertiary alicyclic amines) is 2. The molecule has 15 heteroatoms. The van der Waals surface area contributed by atoms with Crippen LogP contribution >= 0.6 is 11.3 Å². The maximum absolute atomic E-state index is 13.2. The zero-order valence-corrected chi connectivity index (χ0v) is 30.3. The van der Waals surface area contributed by atoms with Crippen LogP contribution in [0.4, 0.5) is 24.9 Å². The van der Waals surface area contributed by atoms with Crippen molar-refractivity contribution < 1.29 is 21.6 Å². The normalized spacial score (nSPS) is 19.3. The fourth-order valence-corrected chi connectivity index (χ4v) is 10.4. The lowest BCUT2D eigenvalue weighted by atomic mass is 9.73. The Hall–Kier alpha value is -3.45. The maximum Gasteiger partial charge on any atom is 0.393 e. The van der Waals surface area contributed by atoms with Gasteiger partial charge in [0.1, 0.15) is 32.2 Å². The van der Waals surface area contributed by atoms with Gasteiger partial charge in [0, 0.05) is 80.3 Å². The Balaban J connectivity index is 1.02. The summed E-state index contributed by atoms with van der Waals surface area (Å²) >= 11 is 1.08. The quantitative estimate of drug-likeness (QED) is 0.236. The number of nitrogens with zero attached hydrogens (tertiary/aromatic N) is 7. The van der Waals surface area contributed by atoms with Crippen LogP contribution in [0.5, 0.6) is 0 Å². The second-order valence-corrected chi connectivity index (χ2v) is 17.9. The summed E-state index contributed by atoms with van der Waals surface area (Å²) in [6.45, 7) is 9.31. The molecule has 0 atom stereocenters. The number of alkyl halides is 3. The van der Waals surface area contributed by atoms with Crippen molar-refractivity contribution in [3.8, 4) is 6.07 Å². The van der Waals surface area contributed by atoms with Gasteiger partial charge < -0.3 is 19.7 Å². The predicted octanol–water partition coefficient (Wildman–Crippen LogP) is 5.58. The summed E-state index contributed by atoms with van der Waals surface area (Å²) in [5.41, 5.74) is 4.17. The van der Waals surface area contributed by atoms with E-state index >= 15 is 0 Å². The monoisotopic (exact) mass is 728 g/mol. The number of fused-ring (bicyclic) bond motifs is 2. The highest BCUT2D eigenvalue weighted by molar-refractivity contribution is 7.91. The van der Waals surface area contributed by atoms with Gasteiger partial charge in [0.25, 0.3) is 0 Å². The summed E-state index contributed by atoms with van der Waals surface area (Å²) in [5.74, 6) is 1.12. The van der Waals surface area contributed by atoms with Crippen molar-refractivity contribution in [3.63, 3.8) is 0 Å². The van der Waals surface area contributed by atoms with Crippen LogP contribution in [0.3, 0.4) is 0 Å². The van der Waals surface area contributed by atoms with Crippen LogP contribution in [-0.4, -0.2) is 103 Å². The molecule has 268 valence electrons. The number of nitriles is 1. The Labute approximate surface area is 294 Å². The molecule has 1 aromatic carbocycles. The van der Waals surface area contributed by atoms with E-state index in [9.17, 15) is 26.9 Å². The lowest BCUT2D eigenvalue weighted by Gasteiger charge is -2.55. The molecule has 7 rings (SSSR count). The molecule has 0 saturated carbocycles. The minimum atomic E-state index is -4.28. The summed E-state index contributed by atoms with van der Waals surface area (Å²) < 4.78 is 65.6. The van der Waals surface area contributed by atoms with Gasteiger partial charge in [0.15, 0.2) is 0 Å². The third-order valence-corrected chi connectivity index (χ3v) is 13.6. The zero-order chi connectivity index (χ0) is 35.4. The first-order valence-electron chi connectivity index (χ1n) is 17.2. The minimum Gasteiger partial charge on any atom is -0.357 e. The molecule has 3 aliphatic rings. The molecule has 3 aliphatic heterocycles. The number of aromatic nitrogens is 3. The molecule has 10 nitrogen and oxygen atoms in total. The average Bonchev–Trinajstić information content (AvgIpc) is 3.63. The Bertz CT molecular complexity index is 2060. The number of hydrogen-bond donors (Lipinski definition) is 1. The highest BCUT2D eigenvalue weighted by Crippen LogP contribution is 2.43. The van der Waals surface area contributed by atoms with Gasteiger partial charge in [-0.25, -0.2) is 13.4 Å². The first kappa shape index (κ1) is 35.0. The molecular formula is C35H43F3N8O2S2. The predicted molar refractivity (Wildman–Crippen MR) is 192 cm³/mol. The van der Waals surface area contributed by atoms with E-state index in [1.165, 1.54) is 17.4 Å². The number of aryl methyl sites for hydroxylation is 1.